The number of nitrogens with zero attached hydrogens (tertiary/aromatic N) is 2. The van der Waals surface area contributed by atoms with E-state index in [4.69, 9.17) is 4.74 Å². The number of hydrogen-bond acceptors (Lipinski definition) is 5. The number of rotatable bonds is 3. The van der Waals surface area contributed by atoms with Crippen LogP contribution in [-0.2, 0) is 16.4 Å². The summed E-state index contributed by atoms with van der Waals surface area (Å²) < 4.78 is 33.6. The SMILES string of the molecule is O=S(=O)(c1ccc2c(c1)CCO2)n1cc(C2CCNC2)c2ncccc21. The van der Waals surface area contributed by atoms with Crippen molar-refractivity contribution in [1.29, 1.82) is 0 Å². The van der Waals surface area contributed by atoms with Crippen molar-refractivity contribution in [2.24, 2.45) is 0 Å². The molecule has 26 heavy (non-hydrogen) atoms. The molecule has 0 aliphatic carbocycles. The molecule has 0 radical (unpaired) electrons. The Morgan fingerprint density at radius 2 is 2.19 bits per heavy atom. The molecule has 1 atom stereocenters. The summed E-state index contributed by atoms with van der Waals surface area (Å²) in [5.41, 5.74) is 3.35. The van der Waals surface area contributed by atoms with E-state index in [-0.39, 0.29) is 5.92 Å². The van der Waals surface area contributed by atoms with Crippen LogP contribution in [0.4, 0.5) is 0 Å². The fourth-order valence-electron chi connectivity index (χ4n) is 3.91. The average molecular weight is 369 g/mol. The third-order valence-corrected chi connectivity index (χ3v) is 6.94. The molecule has 3 aromatic rings. The van der Waals surface area contributed by atoms with Gasteiger partial charge in [0, 0.05) is 36.8 Å². The molecule has 6 nitrogen and oxygen atoms in total. The molecule has 0 saturated carbocycles. The maximum absolute atomic E-state index is 13.4. The summed E-state index contributed by atoms with van der Waals surface area (Å²) in [5.74, 6) is 1.07. The van der Waals surface area contributed by atoms with Crippen LogP contribution in [0, 0.1) is 0 Å². The molecule has 1 N–H and O–H groups in total. The van der Waals surface area contributed by atoms with Gasteiger partial charge in [-0.25, -0.2) is 12.4 Å². The highest BCUT2D eigenvalue weighted by Gasteiger charge is 2.27. The summed E-state index contributed by atoms with van der Waals surface area (Å²) in [6.45, 7) is 2.40. The Morgan fingerprint density at radius 3 is 3.04 bits per heavy atom. The number of hydrogen-bond donors (Lipinski definition) is 1. The van der Waals surface area contributed by atoms with E-state index in [9.17, 15) is 8.42 Å². The maximum atomic E-state index is 13.4. The Kier molecular flexibility index (Phi) is 3.55. The number of ether oxygens (including phenoxy) is 1. The number of pyridine rings is 1. The smallest absolute Gasteiger partial charge is 0.268 e. The highest BCUT2D eigenvalue weighted by molar-refractivity contribution is 7.90. The molecule has 0 bridgehead atoms. The number of benzene rings is 1. The second-order valence-corrected chi connectivity index (χ2v) is 8.63. The maximum Gasteiger partial charge on any atom is 0.268 e. The molecule has 1 fully saturated rings. The number of aromatic nitrogens is 2. The summed E-state index contributed by atoms with van der Waals surface area (Å²) in [6.07, 6.45) is 5.21. The van der Waals surface area contributed by atoms with Crippen molar-refractivity contribution in [1.82, 2.24) is 14.3 Å². The Hall–Kier alpha value is -2.38. The van der Waals surface area contributed by atoms with Crippen molar-refractivity contribution in [3.63, 3.8) is 0 Å². The molecule has 2 aliphatic heterocycles. The van der Waals surface area contributed by atoms with Gasteiger partial charge in [0.25, 0.3) is 10.0 Å². The van der Waals surface area contributed by atoms with Gasteiger partial charge in [-0.3, -0.25) is 4.98 Å². The van der Waals surface area contributed by atoms with Gasteiger partial charge >= 0.3 is 0 Å². The van der Waals surface area contributed by atoms with E-state index in [1.807, 2.05) is 6.07 Å². The average Bonchev–Trinajstić information content (AvgIpc) is 3.39. The van der Waals surface area contributed by atoms with E-state index >= 15 is 0 Å². The second kappa shape index (κ2) is 5.82. The fraction of sp³-hybridized carbons (Fsp3) is 0.316. The van der Waals surface area contributed by atoms with E-state index in [0.29, 0.717) is 17.0 Å². The minimum Gasteiger partial charge on any atom is -0.493 e. The van der Waals surface area contributed by atoms with Crippen LogP contribution in [0.5, 0.6) is 5.75 Å². The first-order chi connectivity index (χ1) is 12.6. The van der Waals surface area contributed by atoms with Gasteiger partial charge in [-0.05, 0) is 48.9 Å². The molecule has 0 spiro atoms. The van der Waals surface area contributed by atoms with Crippen LogP contribution in [0.1, 0.15) is 23.5 Å². The highest BCUT2D eigenvalue weighted by Crippen LogP contribution is 2.33. The highest BCUT2D eigenvalue weighted by atomic mass is 32.2. The summed E-state index contributed by atoms with van der Waals surface area (Å²) in [7, 11) is -3.70. The Bertz CT molecular complexity index is 1100. The number of nitrogens with one attached hydrogen (secondary N) is 1. The van der Waals surface area contributed by atoms with Gasteiger partial charge in [0.1, 0.15) is 5.75 Å². The van der Waals surface area contributed by atoms with E-state index in [2.05, 4.69) is 10.3 Å². The quantitative estimate of drug-likeness (QED) is 0.767. The standard InChI is InChI=1S/C19H19N3O3S/c23-26(24,15-3-4-18-13(10-15)6-9-25-18)22-12-16(14-5-8-20-11-14)19-17(22)2-1-7-21-19/h1-4,7,10,12,14,20H,5-6,8-9,11H2. The first-order valence-corrected chi connectivity index (χ1v) is 10.3. The second-order valence-electron chi connectivity index (χ2n) is 6.81. The zero-order valence-electron chi connectivity index (χ0n) is 14.2. The lowest BCUT2D eigenvalue weighted by Crippen LogP contribution is -2.12. The molecule has 5 rings (SSSR count). The Labute approximate surface area is 151 Å². The minimum absolute atomic E-state index is 0.289. The molecular weight excluding hydrogens is 350 g/mol. The molecule has 7 heteroatoms. The van der Waals surface area contributed by atoms with E-state index < -0.39 is 10.0 Å². The third kappa shape index (κ3) is 2.34. The van der Waals surface area contributed by atoms with Crippen molar-refractivity contribution in [2.45, 2.75) is 23.7 Å². The molecule has 4 heterocycles. The molecular formula is C19H19N3O3S. The lowest BCUT2D eigenvalue weighted by atomic mass is 10.0. The van der Waals surface area contributed by atoms with E-state index in [1.54, 1.807) is 36.7 Å². The molecule has 0 amide bonds. The van der Waals surface area contributed by atoms with Crippen LogP contribution in [-0.4, -0.2) is 37.1 Å². The van der Waals surface area contributed by atoms with Crippen LogP contribution in [0.15, 0.2) is 47.6 Å². The molecule has 1 unspecified atom stereocenters. The topological polar surface area (TPSA) is 73.2 Å². The van der Waals surface area contributed by atoms with Gasteiger partial charge in [-0.2, -0.15) is 0 Å². The molecule has 2 aromatic heterocycles. The summed E-state index contributed by atoms with van der Waals surface area (Å²) in [6, 6.07) is 8.71. The zero-order chi connectivity index (χ0) is 17.7. The van der Waals surface area contributed by atoms with E-state index in [1.165, 1.54) is 3.97 Å². The molecule has 2 aliphatic rings. The van der Waals surface area contributed by atoms with Crippen molar-refractivity contribution in [3.05, 3.63) is 53.9 Å². The minimum atomic E-state index is -3.70. The summed E-state index contributed by atoms with van der Waals surface area (Å²) in [5, 5.41) is 3.34. The van der Waals surface area contributed by atoms with Crippen LogP contribution < -0.4 is 10.1 Å². The van der Waals surface area contributed by atoms with Crippen LogP contribution in [0.25, 0.3) is 11.0 Å². The lowest BCUT2D eigenvalue weighted by molar-refractivity contribution is 0.356. The van der Waals surface area contributed by atoms with Crippen molar-refractivity contribution < 1.29 is 13.2 Å². The van der Waals surface area contributed by atoms with Crippen LogP contribution >= 0.6 is 0 Å². The van der Waals surface area contributed by atoms with Crippen LogP contribution in [0.3, 0.4) is 0 Å². The Morgan fingerprint density at radius 1 is 1.27 bits per heavy atom. The first-order valence-electron chi connectivity index (χ1n) is 8.82. The van der Waals surface area contributed by atoms with Gasteiger partial charge < -0.3 is 10.1 Å². The fourth-order valence-corrected chi connectivity index (χ4v) is 5.33. The third-order valence-electron chi connectivity index (χ3n) is 5.27. The zero-order valence-corrected chi connectivity index (χ0v) is 15.0. The van der Waals surface area contributed by atoms with Gasteiger partial charge in [-0.15, -0.1) is 0 Å². The van der Waals surface area contributed by atoms with Gasteiger partial charge in [0.2, 0.25) is 0 Å². The summed E-state index contributed by atoms with van der Waals surface area (Å²) in [4.78, 5) is 4.77. The number of fused-ring (bicyclic) bond motifs is 2. The largest absolute Gasteiger partial charge is 0.493 e. The Balaban J connectivity index is 1.68. The van der Waals surface area contributed by atoms with Crippen molar-refractivity contribution in [2.75, 3.05) is 19.7 Å². The first kappa shape index (κ1) is 15.8. The molecule has 1 saturated heterocycles. The van der Waals surface area contributed by atoms with Crippen LogP contribution in [0.2, 0.25) is 0 Å². The van der Waals surface area contributed by atoms with E-state index in [0.717, 1.165) is 48.3 Å². The van der Waals surface area contributed by atoms with Gasteiger partial charge in [-0.1, -0.05) is 0 Å². The molecule has 1 aromatic carbocycles. The van der Waals surface area contributed by atoms with Gasteiger partial charge in [0.05, 0.1) is 22.5 Å². The normalized spacial score (nSPS) is 19.6. The van der Waals surface area contributed by atoms with Crippen molar-refractivity contribution in [3.8, 4) is 5.75 Å². The monoisotopic (exact) mass is 369 g/mol. The lowest BCUT2D eigenvalue weighted by Gasteiger charge is -2.09. The summed E-state index contributed by atoms with van der Waals surface area (Å²) >= 11 is 0. The predicted octanol–water partition coefficient (Wildman–Crippen LogP) is 2.29. The van der Waals surface area contributed by atoms with Gasteiger partial charge in [0.15, 0.2) is 0 Å². The predicted molar refractivity (Wildman–Crippen MR) is 98.2 cm³/mol. The van der Waals surface area contributed by atoms with Crippen molar-refractivity contribution >= 4 is 21.1 Å². The molecule has 134 valence electrons.